The topological polar surface area (TPSA) is 118 Å². The lowest BCUT2D eigenvalue weighted by molar-refractivity contribution is -0.148. The number of fused-ring (bicyclic) bond motifs is 1. The number of tetrazole rings is 1. The van der Waals surface area contributed by atoms with Gasteiger partial charge in [0.25, 0.3) is 0 Å². The summed E-state index contributed by atoms with van der Waals surface area (Å²) in [4.78, 5) is 15.4. The highest BCUT2D eigenvalue weighted by atomic mass is 16.5. The van der Waals surface area contributed by atoms with E-state index in [0.717, 1.165) is 11.3 Å². The Morgan fingerprint density at radius 1 is 1.50 bits per heavy atom. The van der Waals surface area contributed by atoms with Crippen LogP contribution in [0, 0.1) is 0 Å². The molecule has 0 aliphatic rings. The Bertz CT molecular complexity index is 782. The Morgan fingerprint density at radius 2 is 2.36 bits per heavy atom. The first-order valence-corrected chi connectivity index (χ1v) is 6.65. The Balaban J connectivity index is 1.88. The molecule has 1 atom stereocenters. The van der Waals surface area contributed by atoms with Crippen molar-refractivity contribution in [1.29, 1.82) is 0 Å². The molecule has 0 radical (unpaired) electrons. The Kier molecular flexibility index (Phi) is 3.79. The van der Waals surface area contributed by atoms with Crippen molar-refractivity contribution in [3.63, 3.8) is 0 Å². The SMILES string of the molecule is COC(CCc1cccc2nc(-c3nnn[nH]3)cn12)C(=O)O. The summed E-state index contributed by atoms with van der Waals surface area (Å²) in [7, 11) is 1.39. The fraction of sp³-hybridized carbons (Fsp3) is 0.308. The van der Waals surface area contributed by atoms with Crippen LogP contribution in [0.15, 0.2) is 24.4 Å². The molecular formula is C13H14N6O3. The molecule has 3 aromatic rings. The van der Waals surface area contributed by atoms with Crippen LogP contribution in [0.3, 0.4) is 0 Å². The molecule has 0 saturated heterocycles. The number of carboxylic acids is 1. The van der Waals surface area contributed by atoms with Crippen molar-refractivity contribution in [1.82, 2.24) is 30.0 Å². The number of pyridine rings is 1. The molecule has 1 unspecified atom stereocenters. The molecule has 114 valence electrons. The normalized spacial score (nSPS) is 12.6. The van der Waals surface area contributed by atoms with Gasteiger partial charge < -0.3 is 14.2 Å². The number of nitrogens with zero attached hydrogens (tertiary/aromatic N) is 5. The Labute approximate surface area is 124 Å². The number of aryl methyl sites for hydroxylation is 1. The van der Waals surface area contributed by atoms with E-state index in [1.54, 1.807) is 0 Å². The number of hydrogen-bond donors (Lipinski definition) is 2. The van der Waals surface area contributed by atoms with Crippen molar-refractivity contribution in [2.24, 2.45) is 0 Å². The van der Waals surface area contributed by atoms with Crippen molar-refractivity contribution in [2.75, 3.05) is 7.11 Å². The molecule has 0 saturated carbocycles. The summed E-state index contributed by atoms with van der Waals surface area (Å²) in [6.07, 6.45) is 1.92. The highest BCUT2D eigenvalue weighted by Gasteiger charge is 2.17. The van der Waals surface area contributed by atoms with Gasteiger partial charge in [0.1, 0.15) is 11.3 Å². The van der Waals surface area contributed by atoms with Crippen LogP contribution >= 0.6 is 0 Å². The molecular weight excluding hydrogens is 288 g/mol. The van der Waals surface area contributed by atoms with Gasteiger partial charge in [0, 0.05) is 19.0 Å². The molecule has 2 N–H and O–H groups in total. The number of methoxy groups -OCH3 is 1. The van der Waals surface area contributed by atoms with Gasteiger partial charge >= 0.3 is 5.97 Å². The third-order valence-electron chi connectivity index (χ3n) is 3.39. The molecule has 0 fully saturated rings. The number of aromatic amines is 1. The molecule has 9 nitrogen and oxygen atoms in total. The van der Waals surface area contributed by atoms with Crippen LogP contribution in [-0.4, -0.2) is 54.3 Å². The predicted octanol–water partition coefficient (Wildman–Crippen LogP) is 0.547. The van der Waals surface area contributed by atoms with Gasteiger partial charge in [-0.2, -0.15) is 0 Å². The number of rotatable bonds is 6. The van der Waals surface area contributed by atoms with E-state index in [0.29, 0.717) is 24.4 Å². The molecule has 3 rings (SSSR count). The highest BCUT2D eigenvalue weighted by Crippen LogP contribution is 2.17. The first kappa shape index (κ1) is 14.1. The molecule has 0 aliphatic carbocycles. The lowest BCUT2D eigenvalue weighted by atomic mass is 10.1. The van der Waals surface area contributed by atoms with Crippen LogP contribution in [0.4, 0.5) is 0 Å². The van der Waals surface area contributed by atoms with Crippen molar-refractivity contribution in [3.05, 3.63) is 30.1 Å². The van der Waals surface area contributed by atoms with Gasteiger partial charge in [-0.15, -0.1) is 5.10 Å². The first-order valence-electron chi connectivity index (χ1n) is 6.65. The number of H-pyrrole nitrogens is 1. The maximum absolute atomic E-state index is 11.0. The lowest BCUT2D eigenvalue weighted by Gasteiger charge is -2.11. The average molecular weight is 302 g/mol. The van der Waals surface area contributed by atoms with E-state index in [9.17, 15) is 4.79 Å². The second kappa shape index (κ2) is 5.90. The Morgan fingerprint density at radius 3 is 3.05 bits per heavy atom. The molecule has 0 aromatic carbocycles. The van der Waals surface area contributed by atoms with Crippen LogP contribution in [0.5, 0.6) is 0 Å². The quantitative estimate of drug-likeness (QED) is 0.682. The number of ether oxygens (including phenoxy) is 1. The molecule has 22 heavy (non-hydrogen) atoms. The standard InChI is InChI=1S/C13H14N6O3/c1-22-10(13(20)21)6-5-8-3-2-4-11-14-9(7-19(8)11)12-15-17-18-16-12/h2-4,7,10H,5-6H2,1H3,(H,20,21)(H,15,16,17,18). The second-order valence-corrected chi connectivity index (χ2v) is 4.72. The van der Waals surface area contributed by atoms with Gasteiger partial charge in [-0.05, 0) is 35.4 Å². The van der Waals surface area contributed by atoms with Crippen LogP contribution in [0.2, 0.25) is 0 Å². The highest BCUT2D eigenvalue weighted by molar-refractivity contribution is 5.72. The second-order valence-electron chi connectivity index (χ2n) is 4.72. The van der Waals surface area contributed by atoms with Crippen molar-refractivity contribution < 1.29 is 14.6 Å². The molecule has 3 aromatic heterocycles. The summed E-state index contributed by atoms with van der Waals surface area (Å²) in [5, 5.41) is 22.6. The molecule has 0 amide bonds. The molecule has 0 aliphatic heterocycles. The van der Waals surface area contributed by atoms with Gasteiger partial charge in [0.05, 0.1) is 0 Å². The van der Waals surface area contributed by atoms with E-state index in [2.05, 4.69) is 25.6 Å². The van der Waals surface area contributed by atoms with Crippen molar-refractivity contribution >= 4 is 11.6 Å². The van der Waals surface area contributed by atoms with Gasteiger partial charge in [-0.25, -0.2) is 14.9 Å². The molecule has 3 heterocycles. The fourth-order valence-electron chi connectivity index (χ4n) is 2.27. The van der Waals surface area contributed by atoms with Crippen molar-refractivity contribution in [2.45, 2.75) is 18.9 Å². The van der Waals surface area contributed by atoms with E-state index >= 15 is 0 Å². The van der Waals surface area contributed by atoms with Gasteiger partial charge in [-0.1, -0.05) is 6.07 Å². The van der Waals surface area contributed by atoms with Gasteiger partial charge in [0.2, 0.25) is 0 Å². The zero-order valence-corrected chi connectivity index (χ0v) is 11.8. The minimum atomic E-state index is -0.964. The summed E-state index contributed by atoms with van der Waals surface area (Å²) < 4.78 is 6.85. The zero-order chi connectivity index (χ0) is 15.5. The molecule has 0 bridgehead atoms. The lowest BCUT2D eigenvalue weighted by Crippen LogP contribution is -2.23. The third kappa shape index (κ3) is 2.66. The number of carbonyl (C=O) groups is 1. The minimum absolute atomic E-state index is 0.377. The van der Waals surface area contributed by atoms with Crippen LogP contribution < -0.4 is 0 Å². The smallest absolute Gasteiger partial charge is 0.332 e. The van der Waals surface area contributed by atoms with Gasteiger partial charge in [0.15, 0.2) is 11.9 Å². The number of nitrogens with one attached hydrogen (secondary N) is 1. The monoisotopic (exact) mass is 302 g/mol. The number of imidazole rings is 1. The van der Waals surface area contributed by atoms with Crippen molar-refractivity contribution in [3.8, 4) is 11.5 Å². The Hall–Kier alpha value is -2.81. The average Bonchev–Trinajstić information content (AvgIpc) is 3.16. The summed E-state index contributed by atoms with van der Waals surface area (Å²) in [6.45, 7) is 0. The fourth-order valence-corrected chi connectivity index (χ4v) is 2.27. The largest absolute Gasteiger partial charge is 0.479 e. The molecule has 0 spiro atoms. The molecule has 9 heteroatoms. The summed E-state index contributed by atoms with van der Waals surface area (Å²) in [5.74, 6) is -0.483. The van der Waals surface area contributed by atoms with Crippen LogP contribution in [-0.2, 0) is 16.0 Å². The van der Waals surface area contributed by atoms with E-state index in [-0.39, 0.29) is 0 Å². The zero-order valence-electron chi connectivity index (χ0n) is 11.8. The maximum atomic E-state index is 11.0. The van der Waals surface area contributed by atoms with Crippen LogP contribution in [0.1, 0.15) is 12.1 Å². The summed E-state index contributed by atoms with van der Waals surface area (Å²) >= 11 is 0. The number of hydrogen-bond acceptors (Lipinski definition) is 6. The van der Waals surface area contributed by atoms with E-state index in [1.165, 1.54) is 7.11 Å². The van der Waals surface area contributed by atoms with E-state index in [4.69, 9.17) is 9.84 Å². The minimum Gasteiger partial charge on any atom is -0.479 e. The number of aromatic nitrogens is 6. The van der Waals surface area contributed by atoms with Crippen LogP contribution in [0.25, 0.3) is 17.2 Å². The maximum Gasteiger partial charge on any atom is 0.332 e. The first-order chi connectivity index (χ1) is 10.7. The van der Waals surface area contributed by atoms with Gasteiger partial charge in [-0.3, -0.25) is 0 Å². The van der Waals surface area contributed by atoms with E-state index in [1.807, 2.05) is 28.8 Å². The third-order valence-corrected chi connectivity index (χ3v) is 3.39. The summed E-state index contributed by atoms with van der Waals surface area (Å²) in [6, 6.07) is 5.66. The summed E-state index contributed by atoms with van der Waals surface area (Å²) in [5.41, 5.74) is 2.30. The number of aliphatic carboxylic acids is 1. The number of carboxylic acid groups (broad SMARTS) is 1. The van der Waals surface area contributed by atoms with E-state index < -0.39 is 12.1 Å². The predicted molar refractivity (Wildman–Crippen MR) is 75.1 cm³/mol.